The van der Waals surface area contributed by atoms with Gasteiger partial charge in [0.2, 0.25) is 0 Å². The van der Waals surface area contributed by atoms with E-state index in [1.165, 1.54) is 25.8 Å². The molecule has 3 nitrogen and oxygen atoms in total. The highest BCUT2D eigenvalue weighted by molar-refractivity contribution is 5.34. The number of nitrogens with zero attached hydrogens (tertiary/aromatic N) is 1. The number of anilines is 1. The summed E-state index contributed by atoms with van der Waals surface area (Å²) in [4.78, 5) is 4.27. The van der Waals surface area contributed by atoms with Crippen LogP contribution in [-0.2, 0) is 0 Å². The van der Waals surface area contributed by atoms with Crippen molar-refractivity contribution in [2.75, 3.05) is 18.4 Å². The van der Waals surface area contributed by atoms with Crippen molar-refractivity contribution in [3.63, 3.8) is 0 Å². The van der Waals surface area contributed by atoms with E-state index in [0.29, 0.717) is 5.54 Å². The molecule has 0 radical (unpaired) electrons. The van der Waals surface area contributed by atoms with E-state index in [2.05, 4.69) is 15.6 Å². The summed E-state index contributed by atoms with van der Waals surface area (Å²) in [7, 11) is 0. The van der Waals surface area contributed by atoms with Crippen molar-refractivity contribution in [2.45, 2.75) is 24.8 Å². The molecule has 1 saturated carbocycles. The van der Waals surface area contributed by atoms with E-state index < -0.39 is 0 Å². The molecule has 0 amide bonds. The lowest BCUT2D eigenvalue weighted by molar-refractivity contribution is 0.0638. The van der Waals surface area contributed by atoms with Crippen LogP contribution in [0, 0.1) is 5.92 Å². The van der Waals surface area contributed by atoms with E-state index >= 15 is 0 Å². The van der Waals surface area contributed by atoms with E-state index in [9.17, 15) is 0 Å². The maximum absolute atomic E-state index is 4.27. The summed E-state index contributed by atoms with van der Waals surface area (Å²) >= 11 is 0. The summed E-state index contributed by atoms with van der Waals surface area (Å²) in [6.45, 7) is 2.20. The normalized spacial score (nSPS) is 33.2. The molecule has 0 spiro atoms. The first-order chi connectivity index (χ1) is 7.36. The Morgan fingerprint density at radius 1 is 1.47 bits per heavy atom. The third kappa shape index (κ3) is 1.72. The second-order valence-corrected chi connectivity index (χ2v) is 4.84. The summed E-state index contributed by atoms with van der Waals surface area (Å²) in [6.07, 6.45) is 5.88. The second-order valence-electron chi connectivity index (χ2n) is 4.84. The van der Waals surface area contributed by atoms with Gasteiger partial charge in [-0.3, -0.25) is 0 Å². The van der Waals surface area contributed by atoms with Crippen LogP contribution >= 0.6 is 0 Å². The fourth-order valence-corrected chi connectivity index (χ4v) is 2.87. The lowest BCUT2D eigenvalue weighted by Gasteiger charge is -2.53. The number of pyridine rings is 1. The van der Waals surface area contributed by atoms with E-state index in [-0.39, 0.29) is 0 Å². The van der Waals surface area contributed by atoms with Gasteiger partial charge in [-0.25, -0.2) is 4.98 Å². The molecule has 1 aliphatic carbocycles. The summed E-state index contributed by atoms with van der Waals surface area (Å²) in [5.74, 6) is 1.97. The summed E-state index contributed by atoms with van der Waals surface area (Å²) in [5.41, 5.74) is 0.375. The first-order valence-corrected chi connectivity index (χ1v) is 5.76. The minimum Gasteiger partial charge on any atom is -0.368 e. The van der Waals surface area contributed by atoms with Gasteiger partial charge in [-0.05, 0) is 43.9 Å². The number of hydrogen-bond donors (Lipinski definition) is 2. The quantitative estimate of drug-likeness (QED) is 0.784. The molecular formula is C12H17N3. The second kappa shape index (κ2) is 3.49. The average Bonchev–Trinajstić information content (AvgIpc) is 2.28. The fraction of sp³-hybridized carbons (Fsp3) is 0.583. The minimum atomic E-state index is 0.375. The molecule has 0 unspecified atom stereocenters. The van der Waals surface area contributed by atoms with Crippen molar-refractivity contribution < 1.29 is 0 Å². The van der Waals surface area contributed by atoms with E-state index in [0.717, 1.165) is 18.3 Å². The van der Waals surface area contributed by atoms with Gasteiger partial charge in [0.15, 0.2) is 0 Å². The highest BCUT2D eigenvalue weighted by atomic mass is 15.1. The van der Waals surface area contributed by atoms with Gasteiger partial charge in [-0.15, -0.1) is 0 Å². The summed E-state index contributed by atoms with van der Waals surface area (Å²) in [6, 6.07) is 5.99. The molecule has 1 aromatic heterocycles. The number of rotatable bonds is 3. The van der Waals surface area contributed by atoms with Crippen molar-refractivity contribution in [1.29, 1.82) is 0 Å². The standard InChI is InChI=1S/C12H17N3/c1-2-5-13-11(3-1)14-9-12-7-10(8-12)4-6-15-12/h1-3,5,10,15H,4,6-9H2,(H,13,14). The van der Waals surface area contributed by atoms with Crippen LogP contribution in [0.1, 0.15) is 19.3 Å². The molecule has 2 aliphatic heterocycles. The van der Waals surface area contributed by atoms with Crippen LogP contribution < -0.4 is 10.6 Å². The Morgan fingerprint density at radius 3 is 3.07 bits per heavy atom. The lowest BCUT2D eigenvalue weighted by Crippen LogP contribution is -2.63. The Labute approximate surface area is 90.3 Å². The van der Waals surface area contributed by atoms with Crippen LogP contribution in [0.4, 0.5) is 5.82 Å². The summed E-state index contributed by atoms with van der Waals surface area (Å²) < 4.78 is 0. The molecule has 2 bridgehead atoms. The maximum Gasteiger partial charge on any atom is 0.125 e. The first-order valence-electron chi connectivity index (χ1n) is 5.76. The smallest absolute Gasteiger partial charge is 0.125 e. The van der Waals surface area contributed by atoms with Crippen LogP contribution in [0.25, 0.3) is 0 Å². The fourth-order valence-electron chi connectivity index (χ4n) is 2.87. The molecule has 0 aromatic carbocycles. The number of aromatic nitrogens is 1. The predicted molar refractivity (Wildman–Crippen MR) is 60.8 cm³/mol. The number of fused-ring (bicyclic) bond motifs is 2. The van der Waals surface area contributed by atoms with E-state index in [1.807, 2.05) is 24.4 Å². The summed E-state index contributed by atoms with van der Waals surface area (Å²) in [5, 5.41) is 7.06. The molecule has 4 rings (SSSR count). The maximum atomic E-state index is 4.27. The van der Waals surface area contributed by atoms with Gasteiger partial charge in [0, 0.05) is 18.3 Å². The third-order valence-corrected chi connectivity index (χ3v) is 3.68. The molecule has 3 aliphatic rings. The Hall–Kier alpha value is -1.09. The zero-order chi connectivity index (χ0) is 10.1. The molecule has 80 valence electrons. The number of piperidine rings is 2. The van der Waals surface area contributed by atoms with Gasteiger partial charge < -0.3 is 10.6 Å². The monoisotopic (exact) mass is 203 g/mol. The number of nitrogens with one attached hydrogen (secondary N) is 2. The van der Waals surface area contributed by atoms with Crippen LogP contribution in [-0.4, -0.2) is 23.6 Å². The molecule has 3 heterocycles. The zero-order valence-corrected chi connectivity index (χ0v) is 8.87. The van der Waals surface area contributed by atoms with Crippen LogP contribution in [0.3, 0.4) is 0 Å². The molecule has 3 heteroatoms. The van der Waals surface area contributed by atoms with Gasteiger partial charge in [0.05, 0.1) is 0 Å². The van der Waals surface area contributed by atoms with E-state index in [1.54, 1.807) is 0 Å². The van der Waals surface area contributed by atoms with Crippen LogP contribution in [0.5, 0.6) is 0 Å². The van der Waals surface area contributed by atoms with Crippen LogP contribution in [0.15, 0.2) is 24.4 Å². The lowest BCUT2D eigenvalue weighted by atomic mass is 9.64. The SMILES string of the molecule is c1ccc(NCC23CC(CCN2)C3)nc1. The highest BCUT2D eigenvalue weighted by Gasteiger charge is 2.46. The van der Waals surface area contributed by atoms with Crippen molar-refractivity contribution >= 4 is 5.82 Å². The predicted octanol–water partition coefficient (Wildman–Crippen LogP) is 1.64. The molecule has 1 aromatic rings. The van der Waals surface area contributed by atoms with Gasteiger partial charge in [0.1, 0.15) is 5.82 Å². The molecule has 2 saturated heterocycles. The highest BCUT2D eigenvalue weighted by Crippen LogP contribution is 2.43. The Kier molecular flexibility index (Phi) is 2.13. The molecule has 0 atom stereocenters. The third-order valence-electron chi connectivity index (χ3n) is 3.68. The zero-order valence-electron chi connectivity index (χ0n) is 8.87. The Balaban J connectivity index is 1.58. The van der Waals surface area contributed by atoms with Gasteiger partial charge in [-0.1, -0.05) is 6.07 Å². The van der Waals surface area contributed by atoms with Crippen LogP contribution in [0.2, 0.25) is 0 Å². The Bertz CT molecular complexity index is 324. The topological polar surface area (TPSA) is 37.0 Å². The van der Waals surface area contributed by atoms with Crippen molar-refractivity contribution in [2.24, 2.45) is 5.92 Å². The average molecular weight is 203 g/mol. The van der Waals surface area contributed by atoms with Crippen molar-refractivity contribution in [3.8, 4) is 0 Å². The van der Waals surface area contributed by atoms with Gasteiger partial charge in [-0.2, -0.15) is 0 Å². The minimum absolute atomic E-state index is 0.375. The molecular weight excluding hydrogens is 186 g/mol. The molecule has 15 heavy (non-hydrogen) atoms. The Morgan fingerprint density at radius 2 is 2.40 bits per heavy atom. The van der Waals surface area contributed by atoms with E-state index in [4.69, 9.17) is 0 Å². The van der Waals surface area contributed by atoms with Gasteiger partial charge >= 0.3 is 0 Å². The molecule has 3 fully saturated rings. The number of hydrogen-bond acceptors (Lipinski definition) is 3. The van der Waals surface area contributed by atoms with Gasteiger partial charge in [0.25, 0.3) is 0 Å². The molecule has 2 N–H and O–H groups in total. The first kappa shape index (κ1) is 9.16. The van der Waals surface area contributed by atoms with Crippen molar-refractivity contribution in [3.05, 3.63) is 24.4 Å². The van der Waals surface area contributed by atoms with Crippen molar-refractivity contribution in [1.82, 2.24) is 10.3 Å². The largest absolute Gasteiger partial charge is 0.368 e.